The summed E-state index contributed by atoms with van der Waals surface area (Å²) in [4.78, 5) is 26.5. The van der Waals surface area contributed by atoms with Crippen LogP contribution in [-0.2, 0) is 14.3 Å². The monoisotopic (exact) mass is 470 g/mol. The fourth-order valence-electron chi connectivity index (χ4n) is 11.6. The van der Waals surface area contributed by atoms with Gasteiger partial charge < -0.3 is 9.84 Å². The molecule has 0 aromatic heterocycles. The quantitative estimate of drug-likeness (QED) is 0.468. The molecule has 1 heterocycles. The molecular formula is C30H46O4. The summed E-state index contributed by atoms with van der Waals surface area (Å²) in [6, 6.07) is 0. The van der Waals surface area contributed by atoms with Crippen molar-refractivity contribution in [2.24, 2.45) is 56.2 Å². The molecule has 1 saturated heterocycles. The van der Waals surface area contributed by atoms with Crippen molar-refractivity contribution in [2.75, 3.05) is 13.2 Å². The van der Waals surface area contributed by atoms with Gasteiger partial charge in [-0.05, 0) is 84.9 Å². The van der Waals surface area contributed by atoms with Gasteiger partial charge in [-0.3, -0.25) is 9.59 Å². The molecule has 5 saturated carbocycles. The van der Waals surface area contributed by atoms with Gasteiger partial charge >= 0.3 is 0 Å². The third kappa shape index (κ3) is 2.54. The van der Waals surface area contributed by atoms with Crippen LogP contribution in [0.15, 0.2) is 0 Å². The summed E-state index contributed by atoms with van der Waals surface area (Å²) in [6.07, 6.45) is 8.24. The largest absolute Gasteiger partial charge is 0.392 e. The van der Waals surface area contributed by atoms with Crippen molar-refractivity contribution >= 4 is 11.6 Å². The van der Waals surface area contributed by atoms with E-state index in [1.54, 1.807) is 0 Å². The Hall–Kier alpha value is -0.740. The number of carbonyl (C=O) groups is 2. The number of aliphatic hydroxyl groups excluding tert-OH is 1. The van der Waals surface area contributed by atoms with Crippen LogP contribution < -0.4 is 0 Å². The number of hydrogen-bond donors (Lipinski definition) is 1. The molecule has 10 unspecified atom stereocenters. The zero-order chi connectivity index (χ0) is 24.5. The van der Waals surface area contributed by atoms with Gasteiger partial charge in [0.1, 0.15) is 11.6 Å². The summed E-state index contributed by atoms with van der Waals surface area (Å²) in [7, 11) is 0. The van der Waals surface area contributed by atoms with Crippen LogP contribution in [0.2, 0.25) is 0 Å². The zero-order valence-corrected chi connectivity index (χ0v) is 22.3. The first kappa shape index (κ1) is 23.6. The fourth-order valence-corrected chi connectivity index (χ4v) is 11.6. The third-order valence-corrected chi connectivity index (χ3v) is 13.5. The van der Waals surface area contributed by atoms with Crippen molar-refractivity contribution in [3.63, 3.8) is 0 Å². The number of aliphatic hydroxyl groups is 1. The number of ether oxygens (including phenoxy) is 1. The SMILES string of the molecule is CC1C(=O)CC(=O)C2C1(C)CCC1C23CCC2(C)C4CC(C)(C)CCC4(C)CC(O)C12COC3. The van der Waals surface area contributed by atoms with E-state index in [1.165, 1.54) is 19.3 Å². The first-order chi connectivity index (χ1) is 15.8. The first-order valence-corrected chi connectivity index (χ1v) is 14.1. The van der Waals surface area contributed by atoms with Crippen LogP contribution in [-0.4, -0.2) is 36.0 Å². The van der Waals surface area contributed by atoms with Gasteiger partial charge in [-0.2, -0.15) is 0 Å². The minimum Gasteiger partial charge on any atom is -0.392 e. The minimum absolute atomic E-state index is 0.0125. The van der Waals surface area contributed by atoms with E-state index in [-0.39, 0.29) is 63.0 Å². The number of ketones is 2. The molecule has 6 rings (SSSR count). The maximum atomic E-state index is 13.7. The summed E-state index contributed by atoms with van der Waals surface area (Å²) in [6.45, 7) is 15.4. The lowest BCUT2D eigenvalue weighted by Crippen LogP contribution is -2.77. The van der Waals surface area contributed by atoms with Gasteiger partial charge in [-0.25, -0.2) is 0 Å². The minimum atomic E-state index is -0.382. The van der Waals surface area contributed by atoms with Gasteiger partial charge in [0.25, 0.3) is 0 Å². The highest BCUT2D eigenvalue weighted by Gasteiger charge is 2.78. The Balaban J connectivity index is 1.50. The van der Waals surface area contributed by atoms with Crippen LogP contribution in [0.1, 0.15) is 99.3 Å². The Morgan fingerprint density at radius 1 is 0.853 bits per heavy atom. The van der Waals surface area contributed by atoms with Gasteiger partial charge in [0.05, 0.1) is 25.7 Å². The van der Waals surface area contributed by atoms with Crippen molar-refractivity contribution in [3.8, 4) is 0 Å². The van der Waals surface area contributed by atoms with E-state index in [0.717, 1.165) is 32.1 Å². The van der Waals surface area contributed by atoms with Gasteiger partial charge in [0, 0.05) is 22.7 Å². The lowest BCUT2D eigenvalue weighted by atomic mass is 9.28. The van der Waals surface area contributed by atoms with Gasteiger partial charge in [-0.15, -0.1) is 0 Å². The number of carbonyl (C=O) groups excluding carboxylic acids is 2. The molecule has 0 aromatic carbocycles. The van der Waals surface area contributed by atoms with Crippen LogP contribution in [0.25, 0.3) is 0 Å². The molecule has 34 heavy (non-hydrogen) atoms. The molecule has 0 radical (unpaired) electrons. The van der Waals surface area contributed by atoms with Crippen LogP contribution in [0.4, 0.5) is 0 Å². The topological polar surface area (TPSA) is 63.6 Å². The molecule has 190 valence electrons. The van der Waals surface area contributed by atoms with Crippen LogP contribution in [0.5, 0.6) is 0 Å². The van der Waals surface area contributed by atoms with E-state index >= 15 is 0 Å². The van der Waals surface area contributed by atoms with E-state index in [9.17, 15) is 14.7 Å². The number of hydrogen-bond acceptors (Lipinski definition) is 4. The van der Waals surface area contributed by atoms with Crippen molar-refractivity contribution in [1.29, 1.82) is 0 Å². The molecule has 1 spiro atoms. The standard InChI is InChI=1S/C30H46O4/c1-18-19(31)13-20(32)24-27(18,5)8-7-21-29(24)12-11-28(6)22-14-25(2,3)9-10-26(22,4)15-23(33)30(21,28)17-34-16-29/h18,21-24,33H,7-17H2,1-6H3. The van der Waals surface area contributed by atoms with E-state index in [4.69, 9.17) is 4.74 Å². The molecule has 1 N–H and O–H groups in total. The average Bonchev–Trinajstić information content (AvgIpc) is 2.75. The molecule has 4 heteroatoms. The average molecular weight is 471 g/mol. The molecule has 2 bridgehead atoms. The highest BCUT2D eigenvalue weighted by atomic mass is 16.5. The molecule has 0 amide bonds. The lowest BCUT2D eigenvalue weighted by Gasteiger charge is -2.77. The molecule has 5 aliphatic carbocycles. The van der Waals surface area contributed by atoms with E-state index in [1.807, 2.05) is 0 Å². The van der Waals surface area contributed by atoms with Crippen molar-refractivity contribution in [2.45, 2.75) is 105 Å². The van der Waals surface area contributed by atoms with Crippen LogP contribution >= 0.6 is 0 Å². The zero-order valence-electron chi connectivity index (χ0n) is 22.3. The maximum absolute atomic E-state index is 13.7. The second-order valence-corrected chi connectivity index (χ2v) is 15.3. The summed E-state index contributed by atoms with van der Waals surface area (Å²) in [5.41, 5.74) is -0.265. The highest BCUT2D eigenvalue weighted by Crippen LogP contribution is 2.79. The Kier molecular flexibility index (Phi) is 4.71. The van der Waals surface area contributed by atoms with Crippen LogP contribution in [0.3, 0.4) is 0 Å². The molecule has 10 atom stereocenters. The fraction of sp³-hybridized carbons (Fsp3) is 0.933. The van der Waals surface area contributed by atoms with E-state index < -0.39 is 0 Å². The van der Waals surface area contributed by atoms with Crippen molar-refractivity contribution < 1.29 is 19.4 Å². The first-order valence-electron chi connectivity index (χ1n) is 14.1. The second-order valence-electron chi connectivity index (χ2n) is 15.3. The summed E-state index contributed by atoms with van der Waals surface area (Å²) in [5, 5.41) is 12.1. The third-order valence-electron chi connectivity index (χ3n) is 13.5. The van der Waals surface area contributed by atoms with Gasteiger partial charge in [0.15, 0.2) is 0 Å². The Morgan fingerprint density at radius 3 is 2.32 bits per heavy atom. The molecule has 6 aliphatic rings. The van der Waals surface area contributed by atoms with Crippen molar-refractivity contribution in [1.82, 2.24) is 0 Å². The molecule has 6 fully saturated rings. The number of Topliss-reactive ketones (excluding diaryl/α,β-unsaturated/α-hetero) is 2. The Morgan fingerprint density at radius 2 is 1.59 bits per heavy atom. The Labute approximate surface area is 206 Å². The van der Waals surface area contributed by atoms with E-state index in [0.29, 0.717) is 30.5 Å². The number of fused-ring (bicyclic) bond motifs is 3. The van der Waals surface area contributed by atoms with E-state index in [2.05, 4.69) is 41.5 Å². The lowest BCUT2D eigenvalue weighted by molar-refractivity contribution is -0.343. The predicted octanol–water partition coefficient (Wildman–Crippen LogP) is 5.60. The maximum Gasteiger partial charge on any atom is 0.144 e. The second kappa shape index (κ2) is 6.77. The summed E-state index contributed by atoms with van der Waals surface area (Å²) < 4.78 is 6.56. The Bertz CT molecular complexity index is 940. The highest BCUT2D eigenvalue weighted by molar-refractivity contribution is 6.04. The van der Waals surface area contributed by atoms with Gasteiger partial charge in [-0.1, -0.05) is 41.5 Å². The normalized spacial score (nSPS) is 58.3. The molecule has 0 aromatic rings. The van der Waals surface area contributed by atoms with Gasteiger partial charge in [0.2, 0.25) is 0 Å². The number of rotatable bonds is 0. The molecule has 1 aliphatic heterocycles. The predicted molar refractivity (Wildman–Crippen MR) is 131 cm³/mol. The summed E-state index contributed by atoms with van der Waals surface area (Å²) in [5.74, 6) is 0.978. The smallest absolute Gasteiger partial charge is 0.144 e. The molecular weight excluding hydrogens is 424 g/mol. The van der Waals surface area contributed by atoms with Crippen LogP contribution in [0, 0.1) is 56.2 Å². The summed E-state index contributed by atoms with van der Waals surface area (Å²) >= 11 is 0. The van der Waals surface area contributed by atoms with Crippen molar-refractivity contribution in [3.05, 3.63) is 0 Å². The molecule has 4 nitrogen and oxygen atoms in total.